The van der Waals surface area contributed by atoms with Crippen LogP contribution in [0.1, 0.15) is 22.3 Å². The first-order valence-corrected chi connectivity index (χ1v) is 6.56. The van der Waals surface area contributed by atoms with Crippen molar-refractivity contribution in [1.29, 1.82) is 5.26 Å². The molecule has 0 saturated heterocycles. The SMILES string of the molecule is Cc1ccc(OCc2ccccc2/C(C#N)=N\O)cc1C. The van der Waals surface area contributed by atoms with Gasteiger partial charge in [0.05, 0.1) is 0 Å². The summed E-state index contributed by atoms with van der Waals surface area (Å²) >= 11 is 0. The summed E-state index contributed by atoms with van der Waals surface area (Å²) in [6.45, 7) is 4.38. The highest BCUT2D eigenvalue weighted by Gasteiger charge is 2.09. The number of hydrogen-bond donors (Lipinski definition) is 1. The lowest BCUT2D eigenvalue weighted by atomic mass is 10.0. The Morgan fingerprint density at radius 1 is 1.19 bits per heavy atom. The van der Waals surface area contributed by atoms with Crippen LogP contribution in [0.3, 0.4) is 0 Å². The van der Waals surface area contributed by atoms with Gasteiger partial charge in [-0.3, -0.25) is 0 Å². The summed E-state index contributed by atoms with van der Waals surface area (Å²) in [5.74, 6) is 0.771. The van der Waals surface area contributed by atoms with E-state index in [0.29, 0.717) is 12.2 Å². The van der Waals surface area contributed by atoms with Crippen LogP contribution >= 0.6 is 0 Å². The average molecular weight is 280 g/mol. The second-order valence-electron chi connectivity index (χ2n) is 4.75. The molecule has 0 aliphatic heterocycles. The maximum Gasteiger partial charge on any atom is 0.187 e. The Bertz CT molecular complexity index is 715. The van der Waals surface area contributed by atoms with E-state index in [2.05, 4.69) is 5.16 Å². The molecule has 0 amide bonds. The summed E-state index contributed by atoms with van der Waals surface area (Å²) in [5.41, 5.74) is 3.73. The van der Waals surface area contributed by atoms with Crippen molar-refractivity contribution in [2.24, 2.45) is 5.16 Å². The molecule has 0 saturated carbocycles. The normalized spacial score (nSPS) is 11.0. The van der Waals surface area contributed by atoms with E-state index in [1.165, 1.54) is 5.56 Å². The molecule has 0 fully saturated rings. The molecule has 4 heteroatoms. The van der Waals surface area contributed by atoms with Gasteiger partial charge in [-0.15, -0.1) is 0 Å². The van der Waals surface area contributed by atoms with Gasteiger partial charge in [-0.25, -0.2) is 0 Å². The molecule has 0 atom stereocenters. The van der Waals surface area contributed by atoms with Gasteiger partial charge in [-0.05, 0) is 42.7 Å². The minimum absolute atomic E-state index is 0.0192. The third-order valence-electron chi connectivity index (χ3n) is 3.35. The van der Waals surface area contributed by atoms with Crippen LogP contribution in [0, 0.1) is 25.2 Å². The lowest BCUT2D eigenvalue weighted by Crippen LogP contribution is -2.05. The number of ether oxygens (including phenoxy) is 1. The second kappa shape index (κ2) is 6.58. The van der Waals surface area contributed by atoms with Crippen molar-refractivity contribution in [2.45, 2.75) is 20.5 Å². The lowest BCUT2D eigenvalue weighted by molar-refractivity contribution is 0.305. The van der Waals surface area contributed by atoms with Gasteiger partial charge in [-0.1, -0.05) is 35.5 Å². The van der Waals surface area contributed by atoms with Crippen molar-refractivity contribution >= 4 is 5.71 Å². The third-order valence-corrected chi connectivity index (χ3v) is 3.35. The van der Waals surface area contributed by atoms with Crippen molar-refractivity contribution in [3.63, 3.8) is 0 Å². The Kier molecular flexibility index (Phi) is 4.57. The van der Waals surface area contributed by atoms with Gasteiger partial charge in [0.25, 0.3) is 0 Å². The highest BCUT2D eigenvalue weighted by Crippen LogP contribution is 2.19. The van der Waals surface area contributed by atoms with E-state index < -0.39 is 0 Å². The molecule has 0 unspecified atom stereocenters. The molecule has 21 heavy (non-hydrogen) atoms. The van der Waals surface area contributed by atoms with Crippen LogP contribution in [0.5, 0.6) is 5.75 Å². The molecule has 0 spiro atoms. The van der Waals surface area contributed by atoms with E-state index in [-0.39, 0.29) is 5.71 Å². The van der Waals surface area contributed by atoms with E-state index in [1.807, 2.05) is 50.2 Å². The van der Waals surface area contributed by atoms with E-state index in [1.54, 1.807) is 12.1 Å². The number of aryl methyl sites for hydroxylation is 2. The first-order valence-electron chi connectivity index (χ1n) is 6.56. The average Bonchev–Trinajstić information content (AvgIpc) is 2.51. The first-order chi connectivity index (χ1) is 10.2. The second-order valence-corrected chi connectivity index (χ2v) is 4.75. The van der Waals surface area contributed by atoms with Crippen molar-refractivity contribution in [3.8, 4) is 11.8 Å². The zero-order chi connectivity index (χ0) is 15.2. The van der Waals surface area contributed by atoms with Crippen LogP contribution in [-0.2, 0) is 6.61 Å². The maximum atomic E-state index is 8.97. The van der Waals surface area contributed by atoms with Crippen molar-refractivity contribution in [1.82, 2.24) is 0 Å². The van der Waals surface area contributed by atoms with E-state index in [9.17, 15) is 0 Å². The Balaban J connectivity index is 2.21. The number of nitriles is 1. The standard InChI is InChI=1S/C17H16N2O2/c1-12-7-8-15(9-13(12)2)21-11-14-5-3-4-6-16(14)17(10-18)19-20/h3-9,20H,11H2,1-2H3/b19-17-. The molecule has 0 bridgehead atoms. The topological polar surface area (TPSA) is 65.6 Å². The molecule has 0 aliphatic rings. The Hall–Kier alpha value is -2.80. The fraction of sp³-hybridized carbons (Fsp3) is 0.176. The van der Waals surface area contributed by atoms with Crippen LogP contribution in [0.2, 0.25) is 0 Å². The summed E-state index contributed by atoms with van der Waals surface area (Å²) in [5, 5.41) is 20.9. The van der Waals surface area contributed by atoms with Crippen molar-refractivity contribution < 1.29 is 9.94 Å². The zero-order valence-electron chi connectivity index (χ0n) is 12.0. The number of rotatable bonds is 4. The Morgan fingerprint density at radius 3 is 2.62 bits per heavy atom. The third kappa shape index (κ3) is 3.40. The number of benzene rings is 2. The zero-order valence-corrected chi connectivity index (χ0v) is 12.0. The molecule has 0 aromatic heterocycles. The number of oxime groups is 1. The number of nitrogens with zero attached hydrogens (tertiary/aromatic N) is 2. The minimum Gasteiger partial charge on any atom is -0.489 e. The van der Waals surface area contributed by atoms with Gasteiger partial charge >= 0.3 is 0 Å². The van der Waals surface area contributed by atoms with Crippen molar-refractivity contribution in [2.75, 3.05) is 0 Å². The van der Waals surface area contributed by atoms with Crippen LogP contribution in [0.4, 0.5) is 0 Å². The summed E-state index contributed by atoms with van der Waals surface area (Å²) in [4.78, 5) is 0. The number of hydrogen-bond acceptors (Lipinski definition) is 4. The van der Waals surface area contributed by atoms with Crippen LogP contribution in [-0.4, -0.2) is 10.9 Å². The van der Waals surface area contributed by atoms with Crippen LogP contribution in [0.15, 0.2) is 47.6 Å². The molecule has 0 radical (unpaired) electrons. The van der Waals surface area contributed by atoms with Gasteiger partial charge in [0.2, 0.25) is 0 Å². The fourth-order valence-corrected chi connectivity index (χ4v) is 1.98. The summed E-state index contributed by atoms with van der Waals surface area (Å²) in [7, 11) is 0. The van der Waals surface area contributed by atoms with Crippen LogP contribution in [0.25, 0.3) is 0 Å². The molecule has 2 aromatic carbocycles. The highest BCUT2D eigenvalue weighted by molar-refractivity contribution is 6.12. The fourth-order valence-electron chi connectivity index (χ4n) is 1.98. The van der Waals surface area contributed by atoms with Gasteiger partial charge < -0.3 is 9.94 Å². The molecule has 0 aliphatic carbocycles. The van der Waals surface area contributed by atoms with Gasteiger partial charge in [0.15, 0.2) is 5.71 Å². The lowest BCUT2D eigenvalue weighted by Gasteiger charge is -2.11. The smallest absolute Gasteiger partial charge is 0.187 e. The molecule has 4 nitrogen and oxygen atoms in total. The van der Waals surface area contributed by atoms with Crippen molar-refractivity contribution in [3.05, 3.63) is 64.7 Å². The Morgan fingerprint density at radius 2 is 1.95 bits per heavy atom. The monoisotopic (exact) mass is 280 g/mol. The van der Waals surface area contributed by atoms with E-state index >= 15 is 0 Å². The van der Waals surface area contributed by atoms with Gasteiger partial charge in [0.1, 0.15) is 18.4 Å². The molecular formula is C17H16N2O2. The summed E-state index contributed by atoms with van der Waals surface area (Å²) < 4.78 is 5.76. The molecule has 2 rings (SSSR count). The molecule has 0 heterocycles. The van der Waals surface area contributed by atoms with Gasteiger partial charge in [-0.2, -0.15) is 5.26 Å². The summed E-state index contributed by atoms with van der Waals surface area (Å²) in [6, 6.07) is 15.0. The Labute approximate surface area is 123 Å². The quantitative estimate of drug-likeness (QED) is 0.529. The van der Waals surface area contributed by atoms with E-state index in [0.717, 1.165) is 16.9 Å². The molecule has 106 valence electrons. The first kappa shape index (κ1) is 14.6. The minimum atomic E-state index is -0.0192. The van der Waals surface area contributed by atoms with E-state index in [4.69, 9.17) is 15.2 Å². The van der Waals surface area contributed by atoms with Gasteiger partial charge in [0, 0.05) is 5.56 Å². The predicted octanol–water partition coefficient (Wildman–Crippen LogP) is 3.58. The highest BCUT2D eigenvalue weighted by atomic mass is 16.5. The van der Waals surface area contributed by atoms with Crippen LogP contribution < -0.4 is 4.74 Å². The molecule has 2 aromatic rings. The largest absolute Gasteiger partial charge is 0.489 e. The molecular weight excluding hydrogens is 264 g/mol. The maximum absolute atomic E-state index is 8.97. The molecule has 1 N–H and O–H groups in total. The predicted molar refractivity (Wildman–Crippen MR) is 80.6 cm³/mol. The summed E-state index contributed by atoms with van der Waals surface area (Å²) in [6.07, 6.45) is 0.